The lowest BCUT2D eigenvalue weighted by Gasteiger charge is -2.30. The summed E-state index contributed by atoms with van der Waals surface area (Å²) in [5, 5.41) is 0. The molecule has 0 saturated carbocycles. The van der Waals surface area contributed by atoms with Gasteiger partial charge in [0, 0.05) is 18.5 Å². The van der Waals surface area contributed by atoms with E-state index in [0.717, 1.165) is 25.8 Å². The molecule has 0 fully saturated rings. The highest BCUT2D eigenvalue weighted by Crippen LogP contribution is 2.18. The van der Waals surface area contributed by atoms with E-state index in [-0.39, 0.29) is 5.78 Å². The van der Waals surface area contributed by atoms with E-state index in [9.17, 15) is 4.79 Å². The Bertz CT molecular complexity index is 697. The van der Waals surface area contributed by atoms with Gasteiger partial charge >= 0.3 is 0 Å². The molecule has 0 saturated heterocycles. The van der Waals surface area contributed by atoms with Gasteiger partial charge in [-0.3, -0.25) is 4.79 Å². The summed E-state index contributed by atoms with van der Waals surface area (Å²) in [6.07, 6.45) is 3.46. The maximum Gasteiger partial charge on any atom is 0.207 e. The molecule has 0 aliphatic carbocycles. The van der Waals surface area contributed by atoms with Gasteiger partial charge in [0.1, 0.15) is 0 Å². The molecule has 1 aliphatic heterocycles. The van der Waals surface area contributed by atoms with Gasteiger partial charge in [-0.05, 0) is 36.3 Å². The number of carbonyl (C=O) groups excluding carboxylic acids is 1. The van der Waals surface area contributed by atoms with Crippen LogP contribution >= 0.6 is 0 Å². The van der Waals surface area contributed by atoms with Crippen LogP contribution in [0.15, 0.2) is 60.7 Å². The second-order valence-electron chi connectivity index (χ2n) is 6.01. The smallest absolute Gasteiger partial charge is 0.207 e. The average Bonchev–Trinajstić information content (AvgIpc) is 2.58. The van der Waals surface area contributed by atoms with E-state index in [1.807, 2.05) is 24.3 Å². The van der Waals surface area contributed by atoms with Crippen molar-refractivity contribution in [2.75, 3.05) is 0 Å². The van der Waals surface area contributed by atoms with Crippen molar-refractivity contribution in [1.29, 1.82) is 0 Å². The summed E-state index contributed by atoms with van der Waals surface area (Å²) in [4.78, 5) is 13.9. The molecule has 23 heavy (non-hydrogen) atoms. The van der Waals surface area contributed by atoms with Crippen LogP contribution in [-0.2, 0) is 17.8 Å². The summed E-state index contributed by atoms with van der Waals surface area (Å²) in [5.41, 5.74) is 2.55. The first kappa shape index (κ1) is 15.4. The van der Waals surface area contributed by atoms with Gasteiger partial charge in [-0.1, -0.05) is 60.7 Å². The molecule has 2 aromatic carbocycles. The molecule has 0 aromatic heterocycles. The third-order valence-corrected chi connectivity index (χ3v) is 4.23. The molecule has 116 valence electrons. The molecule has 2 nitrogen and oxygen atoms in total. The average molecular weight is 303 g/mol. The number of Topliss-reactive ketones (excluding diaryl/α,β-unsaturated/α-hetero) is 1. The van der Waals surface area contributed by atoms with Crippen LogP contribution in [0, 0.1) is 12.0 Å². The van der Waals surface area contributed by atoms with Gasteiger partial charge in [-0.15, -0.1) is 0 Å². The predicted molar refractivity (Wildman–Crippen MR) is 92.6 cm³/mol. The summed E-state index contributed by atoms with van der Waals surface area (Å²) >= 11 is 0. The first-order chi connectivity index (χ1) is 11.3. The van der Waals surface area contributed by atoms with Gasteiger partial charge in [-0.25, -0.2) is 0 Å². The predicted octanol–water partition coefficient (Wildman–Crippen LogP) is 3.81. The number of carbonyl (C=O) groups is 1. The van der Waals surface area contributed by atoms with Crippen molar-refractivity contribution in [3.8, 4) is 12.0 Å². The lowest BCUT2D eigenvalue weighted by atomic mass is 9.97. The van der Waals surface area contributed by atoms with Crippen molar-refractivity contribution in [1.82, 2.24) is 4.90 Å². The minimum Gasteiger partial charge on any atom is -0.324 e. The Morgan fingerprint density at radius 2 is 1.61 bits per heavy atom. The zero-order chi connectivity index (χ0) is 15.9. The minimum atomic E-state index is 0.0567. The summed E-state index contributed by atoms with van der Waals surface area (Å²) in [6.45, 7) is 0.763. The Morgan fingerprint density at radius 1 is 0.957 bits per heavy atom. The van der Waals surface area contributed by atoms with Crippen molar-refractivity contribution < 1.29 is 4.79 Å². The third kappa shape index (κ3) is 4.47. The maximum atomic E-state index is 11.7. The van der Waals surface area contributed by atoms with Crippen LogP contribution in [0.5, 0.6) is 0 Å². The Kier molecular flexibility index (Phi) is 5.11. The second-order valence-corrected chi connectivity index (χ2v) is 6.01. The highest BCUT2D eigenvalue weighted by Gasteiger charge is 2.19. The van der Waals surface area contributed by atoms with Gasteiger partial charge in [-0.2, -0.15) is 0 Å². The van der Waals surface area contributed by atoms with Crippen molar-refractivity contribution >= 4 is 5.78 Å². The van der Waals surface area contributed by atoms with Gasteiger partial charge < -0.3 is 4.90 Å². The van der Waals surface area contributed by atoms with Gasteiger partial charge in [0.15, 0.2) is 0 Å². The largest absolute Gasteiger partial charge is 0.324 e. The number of benzene rings is 2. The normalized spacial score (nSPS) is 17.8. The van der Waals surface area contributed by atoms with E-state index in [4.69, 9.17) is 0 Å². The molecule has 0 radical (unpaired) electrons. The fourth-order valence-corrected chi connectivity index (χ4v) is 2.99. The molecule has 0 N–H and O–H groups in total. The van der Waals surface area contributed by atoms with Crippen molar-refractivity contribution in [3.05, 3.63) is 71.8 Å². The Morgan fingerprint density at radius 3 is 2.30 bits per heavy atom. The monoisotopic (exact) mass is 303 g/mol. The van der Waals surface area contributed by atoms with Crippen LogP contribution in [-0.4, -0.2) is 16.7 Å². The van der Waals surface area contributed by atoms with Crippen LogP contribution in [0.4, 0.5) is 0 Å². The molecule has 1 aliphatic rings. The lowest BCUT2D eigenvalue weighted by molar-refractivity contribution is -0.114. The summed E-state index contributed by atoms with van der Waals surface area (Å²) in [6, 6.07) is 24.3. The number of hydrogen-bond donors (Lipinski definition) is 0. The number of nitrogens with zero attached hydrogens (tertiary/aromatic N) is 1. The highest BCUT2D eigenvalue weighted by molar-refractivity contribution is 5.95. The van der Waals surface area contributed by atoms with Crippen LogP contribution in [0.25, 0.3) is 0 Å². The molecular weight excluding hydrogens is 282 g/mol. The van der Waals surface area contributed by atoms with Crippen molar-refractivity contribution in [3.63, 3.8) is 0 Å². The number of hydrogen-bond acceptors (Lipinski definition) is 2. The molecule has 2 heteroatoms. The number of rotatable bonds is 4. The van der Waals surface area contributed by atoms with Crippen molar-refractivity contribution in [2.45, 2.75) is 38.3 Å². The first-order valence-corrected chi connectivity index (χ1v) is 8.20. The molecule has 0 spiro atoms. The fraction of sp³-hybridized carbons (Fsp3) is 0.286. The number of ketones is 1. The van der Waals surface area contributed by atoms with Crippen LogP contribution in [0.1, 0.15) is 30.4 Å². The van der Waals surface area contributed by atoms with E-state index in [0.29, 0.717) is 12.5 Å². The van der Waals surface area contributed by atoms with E-state index in [1.165, 1.54) is 11.1 Å². The summed E-state index contributed by atoms with van der Waals surface area (Å²) < 4.78 is 0. The molecule has 2 aromatic rings. The topological polar surface area (TPSA) is 20.3 Å². The van der Waals surface area contributed by atoms with Gasteiger partial charge in [0.05, 0.1) is 6.54 Å². The van der Waals surface area contributed by atoms with E-state index in [2.05, 4.69) is 53.3 Å². The Labute approximate surface area is 138 Å². The molecule has 1 atom stereocenters. The summed E-state index contributed by atoms with van der Waals surface area (Å²) in [7, 11) is 0. The molecule has 1 unspecified atom stereocenters. The quantitative estimate of drug-likeness (QED) is 0.800. The molecule has 0 bridgehead atoms. The van der Waals surface area contributed by atoms with Crippen LogP contribution < -0.4 is 0 Å². The second kappa shape index (κ2) is 7.65. The Hall–Kier alpha value is -2.53. The molecule has 3 rings (SSSR count). The molecule has 0 amide bonds. The van der Waals surface area contributed by atoms with Gasteiger partial charge in [0.2, 0.25) is 5.78 Å². The third-order valence-electron chi connectivity index (χ3n) is 4.23. The maximum absolute atomic E-state index is 11.7. The first-order valence-electron chi connectivity index (χ1n) is 8.20. The fourth-order valence-electron chi connectivity index (χ4n) is 2.99. The minimum absolute atomic E-state index is 0.0567. The SMILES string of the molecule is O=C1C#CN(Cc2ccccc2)C(Cc2ccccc2)CCC1. The molecule has 1 heterocycles. The highest BCUT2D eigenvalue weighted by atomic mass is 16.1. The van der Waals surface area contributed by atoms with Crippen LogP contribution in [0.2, 0.25) is 0 Å². The zero-order valence-electron chi connectivity index (χ0n) is 13.2. The molecular formula is C21H21NO. The zero-order valence-corrected chi connectivity index (χ0v) is 13.2. The summed E-state index contributed by atoms with van der Waals surface area (Å²) in [5.74, 6) is 2.86. The van der Waals surface area contributed by atoms with Gasteiger partial charge in [0.25, 0.3) is 0 Å². The Balaban J connectivity index is 1.82. The lowest BCUT2D eigenvalue weighted by Crippen LogP contribution is -2.34. The van der Waals surface area contributed by atoms with E-state index < -0.39 is 0 Å². The van der Waals surface area contributed by atoms with Crippen LogP contribution in [0.3, 0.4) is 0 Å². The van der Waals surface area contributed by atoms with E-state index >= 15 is 0 Å². The van der Waals surface area contributed by atoms with Crippen molar-refractivity contribution in [2.24, 2.45) is 0 Å². The van der Waals surface area contributed by atoms with E-state index in [1.54, 1.807) is 0 Å². The standard InChI is InChI=1S/C21H21NO/c23-21-13-7-12-20(16-18-8-3-1-4-9-18)22(15-14-21)17-19-10-5-2-6-11-19/h1-6,8-11,20H,7,12-13,16-17H2.